The molecule has 0 aliphatic carbocycles. The minimum absolute atomic E-state index is 0.0303. The minimum Gasteiger partial charge on any atom is -0.494 e. The maximum Gasteiger partial charge on any atom is 0.261 e. The van der Waals surface area contributed by atoms with Crippen LogP contribution in [-0.4, -0.2) is 25.2 Å². The van der Waals surface area contributed by atoms with E-state index in [4.69, 9.17) is 9.47 Å². The van der Waals surface area contributed by atoms with Crippen molar-refractivity contribution >= 4 is 5.91 Å². The molecule has 2 rings (SSSR count). The molecule has 1 atom stereocenters. The molecule has 1 amide bonds. The zero-order valence-corrected chi connectivity index (χ0v) is 11.5. The Morgan fingerprint density at radius 2 is 1.95 bits per heavy atom. The predicted molar refractivity (Wildman–Crippen MR) is 73.4 cm³/mol. The van der Waals surface area contributed by atoms with Crippen molar-refractivity contribution in [2.45, 2.75) is 32.8 Å². The lowest BCUT2D eigenvalue weighted by Gasteiger charge is -2.12. The number of carbonyl (C=O) groups is 1. The van der Waals surface area contributed by atoms with Gasteiger partial charge in [0, 0.05) is 13.0 Å². The molecule has 104 valence electrons. The molecule has 1 heterocycles. The second-order valence-corrected chi connectivity index (χ2v) is 5.19. The van der Waals surface area contributed by atoms with Gasteiger partial charge in [-0.05, 0) is 36.6 Å². The highest BCUT2D eigenvalue weighted by molar-refractivity contribution is 5.83. The van der Waals surface area contributed by atoms with Crippen LogP contribution in [0.2, 0.25) is 0 Å². The van der Waals surface area contributed by atoms with Crippen molar-refractivity contribution in [1.29, 1.82) is 0 Å². The molecular formula is C15H21NO3. The first-order valence-corrected chi connectivity index (χ1v) is 6.82. The summed E-state index contributed by atoms with van der Waals surface area (Å²) < 4.78 is 11.2. The molecular weight excluding hydrogens is 242 g/mol. The minimum atomic E-state index is -0.354. The first-order valence-electron chi connectivity index (χ1n) is 6.82. The molecule has 19 heavy (non-hydrogen) atoms. The summed E-state index contributed by atoms with van der Waals surface area (Å²) in [5.74, 6) is 2.16. The lowest BCUT2D eigenvalue weighted by molar-refractivity contribution is -0.124. The van der Waals surface area contributed by atoms with Crippen molar-refractivity contribution < 1.29 is 14.3 Å². The van der Waals surface area contributed by atoms with E-state index in [2.05, 4.69) is 19.2 Å². The van der Waals surface area contributed by atoms with Crippen LogP contribution in [0.15, 0.2) is 24.3 Å². The summed E-state index contributed by atoms with van der Waals surface area (Å²) in [7, 11) is 0. The SMILES string of the molecule is CC(C)CCOc1ccc(O[C@H]2CCNC2=O)cc1. The summed E-state index contributed by atoms with van der Waals surface area (Å²) in [5.41, 5.74) is 0. The molecule has 1 aliphatic heterocycles. The number of ether oxygens (including phenoxy) is 2. The third-order valence-electron chi connectivity index (χ3n) is 3.06. The fourth-order valence-electron chi connectivity index (χ4n) is 1.88. The van der Waals surface area contributed by atoms with E-state index in [0.29, 0.717) is 18.2 Å². The van der Waals surface area contributed by atoms with Crippen LogP contribution in [0, 0.1) is 5.92 Å². The Kier molecular flexibility index (Phi) is 4.66. The van der Waals surface area contributed by atoms with Gasteiger partial charge in [-0.25, -0.2) is 0 Å². The van der Waals surface area contributed by atoms with Gasteiger partial charge < -0.3 is 14.8 Å². The van der Waals surface area contributed by atoms with E-state index in [1.807, 2.05) is 24.3 Å². The van der Waals surface area contributed by atoms with Gasteiger partial charge in [0.2, 0.25) is 0 Å². The summed E-state index contributed by atoms with van der Waals surface area (Å²) in [4.78, 5) is 11.4. The molecule has 1 aliphatic rings. The van der Waals surface area contributed by atoms with Crippen LogP contribution in [0.25, 0.3) is 0 Å². The molecule has 1 saturated heterocycles. The summed E-state index contributed by atoms with van der Waals surface area (Å²) in [6.45, 7) is 5.77. The van der Waals surface area contributed by atoms with Crippen LogP contribution in [0.1, 0.15) is 26.7 Å². The van der Waals surface area contributed by atoms with Gasteiger partial charge in [0.25, 0.3) is 5.91 Å². The first kappa shape index (κ1) is 13.7. The topological polar surface area (TPSA) is 47.6 Å². The zero-order valence-electron chi connectivity index (χ0n) is 11.5. The van der Waals surface area contributed by atoms with Crippen LogP contribution >= 0.6 is 0 Å². The molecule has 0 aromatic heterocycles. The molecule has 0 saturated carbocycles. The lowest BCUT2D eigenvalue weighted by atomic mass is 10.1. The summed E-state index contributed by atoms with van der Waals surface area (Å²) in [5, 5.41) is 2.75. The molecule has 1 fully saturated rings. The van der Waals surface area contributed by atoms with Crippen molar-refractivity contribution in [2.24, 2.45) is 5.92 Å². The maximum atomic E-state index is 11.4. The van der Waals surface area contributed by atoms with E-state index in [0.717, 1.165) is 25.2 Å². The maximum absolute atomic E-state index is 11.4. The number of amides is 1. The van der Waals surface area contributed by atoms with Crippen molar-refractivity contribution in [3.05, 3.63) is 24.3 Å². The lowest BCUT2D eigenvalue weighted by Crippen LogP contribution is -2.27. The van der Waals surface area contributed by atoms with Crippen molar-refractivity contribution in [1.82, 2.24) is 5.32 Å². The molecule has 1 N–H and O–H groups in total. The van der Waals surface area contributed by atoms with Crippen LogP contribution in [-0.2, 0) is 4.79 Å². The van der Waals surface area contributed by atoms with E-state index < -0.39 is 0 Å². The first-order chi connectivity index (χ1) is 9.15. The third kappa shape index (κ3) is 4.16. The largest absolute Gasteiger partial charge is 0.494 e. The van der Waals surface area contributed by atoms with E-state index >= 15 is 0 Å². The predicted octanol–water partition coefficient (Wildman–Crippen LogP) is 2.38. The standard InChI is InChI=1S/C15H21NO3/c1-11(2)8-10-18-12-3-5-13(6-4-12)19-14-7-9-16-15(14)17/h3-6,11,14H,7-10H2,1-2H3,(H,16,17)/t14-/m0/s1. The molecule has 1 aromatic carbocycles. The summed E-state index contributed by atoms with van der Waals surface area (Å²) >= 11 is 0. The highest BCUT2D eigenvalue weighted by atomic mass is 16.5. The molecule has 4 nitrogen and oxygen atoms in total. The van der Waals surface area contributed by atoms with Crippen LogP contribution < -0.4 is 14.8 Å². The summed E-state index contributed by atoms with van der Waals surface area (Å²) in [6.07, 6.45) is 1.42. The van der Waals surface area contributed by atoms with Gasteiger partial charge >= 0.3 is 0 Å². The number of benzene rings is 1. The Morgan fingerprint density at radius 1 is 1.26 bits per heavy atom. The fraction of sp³-hybridized carbons (Fsp3) is 0.533. The van der Waals surface area contributed by atoms with E-state index in [9.17, 15) is 4.79 Å². The zero-order chi connectivity index (χ0) is 13.7. The van der Waals surface area contributed by atoms with Crippen LogP contribution in [0.4, 0.5) is 0 Å². The monoisotopic (exact) mass is 263 g/mol. The average Bonchev–Trinajstić information content (AvgIpc) is 2.77. The van der Waals surface area contributed by atoms with E-state index in [-0.39, 0.29) is 12.0 Å². The Balaban J connectivity index is 1.82. The highest BCUT2D eigenvalue weighted by Gasteiger charge is 2.25. The third-order valence-corrected chi connectivity index (χ3v) is 3.06. The highest BCUT2D eigenvalue weighted by Crippen LogP contribution is 2.20. The van der Waals surface area contributed by atoms with Crippen molar-refractivity contribution in [3.8, 4) is 11.5 Å². The molecule has 4 heteroatoms. The molecule has 0 spiro atoms. The van der Waals surface area contributed by atoms with Gasteiger partial charge in [0.05, 0.1) is 6.61 Å². The number of hydrogen-bond acceptors (Lipinski definition) is 3. The number of nitrogens with one attached hydrogen (secondary N) is 1. The van der Waals surface area contributed by atoms with Gasteiger partial charge in [-0.3, -0.25) is 4.79 Å². The molecule has 0 unspecified atom stereocenters. The van der Waals surface area contributed by atoms with Gasteiger partial charge in [-0.1, -0.05) is 13.8 Å². The summed E-state index contributed by atoms with van der Waals surface area (Å²) in [6, 6.07) is 7.44. The van der Waals surface area contributed by atoms with E-state index in [1.54, 1.807) is 0 Å². The number of rotatable bonds is 6. The normalized spacial score (nSPS) is 18.5. The van der Waals surface area contributed by atoms with E-state index in [1.165, 1.54) is 0 Å². The molecule has 1 aromatic rings. The fourth-order valence-corrected chi connectivity index (χ4v) is 1.88. The van der Waals surface area contributed by atoms with Gasteiger partial charge in [0.15, 0.2) is 6.10 Å². The van der Waals surface area contributed by atoms with Gasteiger partial charge in [-0.2, -0.15) is 0 Å². The Labute approximate surface area is 114 Å². The van der Waals surface area contributed by atoms with Crippen LogP contribution in [0.5, 0.6) is 11.5 Å². The van der Waals surface area contributed by atoms with Crippen molar-refractivity contribution in [3.63, 3.8) is 0 Å². The number of carbonyl (C=O) groups excluding carboxylic acids is 1. The second-order valence-electron chi connectivity index (χ2n) is 5.19. The van der Waals surface area contributed by atoms with Gasteiger partial charge in [0.1, 0.15) is 11.5 Å². The Morgan fingerprint density at radius 3 is 2.53 bits per heavy atom. The second kappa shape index (κ2) is 6.45. The molecule has 0 radical (unpaired) electrons. The Hall–Kier alpha value is -1.71. The quantitative estimate of drug-likeness (QED) is 0.857. The van der Waals surface area contributed by atoms with Crippen molar-refractivity contribution in [2.75, 3.05) is 13.2 Å². The smallest absolute Gasteiger partial charge is 0.261 e. The number of hydrogen-bond donors (Lipinski definition) is 1. The Bertz CT molecular complexity index is 414. The molecule has 0 bridgehead atoms. The van der Waals surface area contributed by atoms with Crippen LogP contribution in [0.3, 0.4) is 0 Å². The average molecular weight is 263 g/mol. The van der Waals surface area contributed by atoms with Gasteiger partial charge in [-0.15, -0.1) is 0 Å².